The van der Waals surface area contributed by atoms with E-state index < -0.39 is 16.9 Å². The Kier molecular flexibility index (Phi) is 8.32. The van der Waals surface area contributed by atoms with Crippen molar-refractivity contribution < 1.29 is 14.1 Å². The summed E-state index contributed by atoms with van der Waals surface area (Å²) in [6, 6.07) is 3.72. The zero-order valence-corrected chi connectivity index (χ0v) is 20.6. The van der Waals surface area contributed by atoms with Gasteiger partial charge in [-0.05, 0) is 39.3 Å². The van der Waals surface area contributed by atoms with Crippen LogP contribution >= 0.6 is 0 Å². The third-order valence-electron chi connectivity index (χ3n) is 5.41. The van der Waals surface area contributed by atoms with Crippen molar-refractivity contribution >= 4 is 23.1 Å². The highest BCUT2D eigenvalue weighted by Gasteiger charge is 2.34. The molecule has 2 heterocycles. The predicted octanol–water partition coefficient (Wildman–Crippen LogP) is 2.25. The number of pyridine rings is 1. The summed E-state index contributed by atoms with van der Waals surface area (Å²) in [7, 11) is 1.29. The molecule has 0 amide bonds. The fraction of sp³-hybridized carbons (Fsp3) is 0.292. The average molecular weight is 481 g/mol. The largest absolute Gasteiger partial charge is 0.467 e. The average Bonchev–Trinajstić information content (AvgIpc) is 3.33. The van der Waals surface area contributed by atoms with E-state index in [1.165, 1.54) is 30.6 Å². The van der Waals surface area contributed by atoms with Gasteiger partial charge in [0, 0.05) is 24.2 Å². The van der Waals surface area contributed by atoms with E-state index in [0.717, 1.165) is 5.56 Å². The number of hydrogen-bond acceptors (Lipinski definition) is 9. The highest BCUT2D eigenvalue weighted by Crippen LogP contribution is 2.31. The summed E-state index contributed by atoms with van der Waals surface area (Å²) in [6.45, 7) is 14.7. The number of allylic oxidation sites excluding steroid dienone is 4. The Bertz CT molecular complexity index is 1170. The molecule has 0 aliphatic heterocycles. The zero-order chi connectivity index (χ0) is 26.4. The van der Waals surface area contributed by atoms with Crippen LogP contribution in [0.25, 0.3) is 11.1 Å². The topological polar surface area (TPSA) is 172 Å². The standard InChI is InChI=1S/C24H32N8O3/c1-8-15(12-29-22(25)26)18-11-10-17(13-28-18)23(3,4)20-30-19(35-31-20)16(9-2)14-32(27)24(5,6)21(33)34-7/h8-14H,1-2,27H2,3-7H3,(H4,25,26,29)/b15-12+,16-14+. The van der Waals surface area contributed by atoms with E-state index in [1.54, 1.807) is 26.1 Å². The molecule has 0 bridgehead atoms. The van der Waals surface area contributed by atoms with Gasteiger partial charge in [0.15, 0.2) is 11.8 Å². The van der Waals surface area contributed by atoms with Crippen LogP contribution in [0, 0.1) is 0 Å². The number of nitrogens with two attached hydrogens (primary N) is 3. The maximum absolute atomic E-state index is 12.0. The predicted molar refractivity (Wildman–Crippen MR) is 135 cm³/mol. The number of esters is 1. The lowest BCUT2D eigenvalue weighted by Gasteiger charge is -2.31. The number of methoxy groups -OCH3 is 1. The van der Waals surface area contributed by atoms with E-state index in [0.29, 0.717) is 22.7 Å². The van der Waals surface area contributed by atoms with Crippen molar-refractivity contribution in [2.75, 3.05) is 7.11 Å². The van der Waals surface area contributed by atoms with E-state index in [2.05, 4.69) is 33.3 Å². The Balaban J connectivity index is 2.36. The Morgan fingerprint density at radius 1 is 1.17 bits per heavy atom. The molecule has 0 aliphatic carbocycles. The van der Waals surface area contributed by atoms with Crippen molar-refractivity contribution in [1.82, 2.24) is 20.1 Å². The van der Waals surface area contributed by atoms with Gasteiger partial charge in [-0.25, -0.2) is 15.6 Å². The summed E-state index contributed by atoms with van der Waals surface area (Å²) in [6.07, 6.45) is 7.81. The summed E-state index contributed by atoms with van der Waals surface area (Å²) >= 11 is 0. The molecule has 2 aromatic heterocycles. The van der Waals surface area contributed by atoms with Crippen molar-refractivity contribution in [2.24, 2.45) is 22.3 Å². The molecule has 2 rings (SSSR count). The number of aromatic nitrogens is 3. The smallest absolute Gasteiger partial charge is 0.332 e. The van der Waals surface area contributed by atoms with Gasteiger partial charge in [0.1, 0.15) is 5.54 Å². The Labute approximate surface area is 204 Å². The molecule has 186 valence electrons. The maximum Gasteiger partial charge on any atom is 0.332 e. The van der Waals surface area contributed by atoms with Crippen LogP contribution in [0.3, 0.4) is 0 Å². The minimum atomic E-state index is -1.13. The molecule has 0 fully saturated rings. The lowest BCUT2D eigenvalue weighted by molar-refractivity contribution is -0.151. The highest BCUT2D eigenvalue weighted by molar-refractivity contribution is 5.80. The van der Waals surface area contributed by atoms with Gasteiger partial charge >= 0.3 is 5.97 Å². The molecule has 11 nitrogen and oxygen atoms in total. The minimum absolute atomic E-state index is 0.0606. The van der Waals surface area contributed by atoms with Crippen molar-refractivity contribution in [1.29, 1.82) is 0 Å². The van der Waals surface area contributed by atoms with Crippen LogP contribution in [0.5, 0.6) is 0 Å². The maximum atomic E-state index is 12.0. The monoisotopic (exact) mass is 480 g/mol. The van der Waals surface area contributed by atoms with E-state index >= 15 is 0 Å². The van der Waals surface area contributed by atoms with Crippen molar-refractivity contribution in [3.05, 3.63) is 79.0 Å². The molecule has 35 heavy (non-hydrogen) atoms. The second-order valence-electron chi connectivity index (χ2n) is 8.57. The molecule has 11 heteroatoms. The van der Waals surface area contributed by atoms with Gasteiger partial charge in [-0.3, -0.25) is 4.98 Å². The fourth-order valence-corrected chi connectivity index (χ4v) is 2.89. The molecule has 0 saturated carbocycles. The van der Waals surface area contributed by atoms with Crippen LogP contribution < -0.4 is 17.3 Å². The Hall–Kier alpha value is -4.25. The first kappa shape index (κ1) is 27.0. The van der Waals surface area contributed by atoms with E-state index in [9.17, 15) is 4.79 Å². The second kappa shape index (κ2) is 10.8. The number of nitrogens with zero attached hydrogens (tertiary/aromatic N) is 5. The molecule has 0 atom stereocenters. The fourth-order valence-electron chi connectivity index (χ4n) is 2.89. The van der Waals surface area contributed by atoms with Crippen LogP contribution in [-0.2, 0) is 14.9 Å². The molecule has 2 aromatic rings. The lowest BCUT2D eigenvalue weighted by Crippen LogP contribution is -2.51. The molecular weight excluding hydrogens is 448 g/mol. The first-order valence-electron chi connectivity index (χ1n) is 10.6. The first-order valence-corrected chi connectivity index (χ1v) is 10.6. The van der Waals surface area contributed by atoms with Crippen molar-refractivity contribution in [2.45, 2.75) is 38.6 Å². The van der Waals surface area contributed by atoms with Crippen molar-refractivity contribution in [3.8, 4) is 0 Å². The van der Waals surface area contributed by atoms with E-state index in [4.69, 9.17) is 26.6 Å². The molecule has 0 aromatic carbocycles. The van der Waals surface area contributed by atoms with Crippen LogP contribution in [-0.4, -0.2) is 44.7 Å². The summed E-state index contributed by atoms with van der Waals surface area (Å²) in [5, 5.41) is 5.36. The lowest BCUT2D eigenvalue weighted by atomic mass is 9.84. The number of carbonyl (C=O) groups excluding carboxylic acids is 1. The van der Waals surface area contributed by atoms with Gasteiger partial charge in [0.25, 0.3) is 5.89 Å². The molecule has 0 unspecified atom stereocenters. The van der Waals surface area contributed by atoms with Gasteiger partial charge < -0.3 is 25.7 Å². The molecule has 0 saturated heterocycles. The zero-order valence-electron chi connectivity index (χ0n) is 20.6. The number of guanidine groups is 1. The first-order chi connectivity index (χ1) is 16.4. The highest BCUT2D eigenvalue weighted by atomic mass is 16.5. The SMILES string of the molecule is C=C/C(=C\N=C(N)N)c1ccc(C(C)(C)c2noc(/C(C=C)=C/N(N)C(C)(C)C(=O)OC)n2)cn1. The van der Waals surface area contributed by atoms with Crippen molar-refractivity contribution in [3.63, 3.8) is 0 Å². The van der Waals surface area contributed by atoms with Crippen LogP contribution in [0.2, 0.25) is 0 Å². The van der Waals surface area contributed by atoms with Crippen LogP contribution in [0.15, 0.2) is 65.6 Å². The van der Waals surface area contributed by atoms with E-state index in [1.807, 2.05) is 26.0 Å². The molecular formula is C24H32N8O3. The summed E-state index contributed by atoms with van der Waals surface area (Å²) < 4.78 is 10.3. The number of carbonyl (C=O) groups is 1. The third-order valence-corrected chi connectivity index (χ3v) is 5.41. The molecule has 0 spiro atoms. The normalized spacial score (nSPS) is 12.6. The summed E-state index contributed by atoms with van der Waals surface area (Å²) in [5.74, 6) is 6.14. The number of aliphatic imine (C=N–C) groups is 1. The molecule has 6 N–H and O–H groups in total. The van der Waals surface area contributed by atoms with Crippen LogP contribution in [0.4, 0.5) is 0 Å². The van der Waals surface area contributed by atoms with Crippen LogP contribution in [0.1, 0.15) is 50.7 Å². The summed E-state index contributed by atoms with van der Waals surface area (Å²) in [4.78, 5) is 25.0. The van der Waals surface area contributed by atoms with Gasteiger partial charge in [-0.1, -0.05) is 36.5 Å². The van der Waals surface area contributed by atoms with Gasteiger partial charge in [-0.2, -0.15) is 4.98 Å². The Morgan fingerprint density at radius 2 is 1.83 bits per heavy atom. The number of hydrogen-bond donors (Lipinski definition) is 3. The minimum Gasteiger partial charge on any atom is -0.467 e. The van der Waals surface area contributed by atoms with Gasteiger partial charge in [-0.15, -0.1) is 0 Å². The number of rotatable bonds is 10. The van der Waals surface area contributed by atoms with E-state index in [-0.39, 0.29) is 11.9 Å². The second-order valence-corrected chi connectivity index (χ2v) is 8.57. The Morgan fingerprint density at radius 3 is 2.34 bits per heavy atom. The molecule has 0 radical (unpaired) electrons. The summed E-state index contributed by atoms with van der Waals surface area (Å²) in [5.41, 5.74) is 11.6. The van der Waals surface area contributed by atoms with Gasteiger partial charge in [0.05, 0.1) is 23.8 Å². The molecule has 0 aliphatic rings. The third kappa shape index (κ3) is 6.01. The number of hydrazine groups is 1. The number of ether oxygens (including phenoxy) is 1. The quantitative estimate of drug-likeness (QED) is 0.114. The van der Waals surface area contributed by atoms with Gasteiger partial charge in [0.2, 0.25) is 0 Å².